The van der Waals surface area contributed by atoms with E-state index in [9.17, 15) is 14.7 Å². The molecule has 1 atom stereocenters. The van der Waals surface area contributed by atoms with E-state index in [4.69, 9.17) is 9.15 Å². The topological polar surface area (TPSA) is 76.7 Å². The van der Waals surface area contributed by atoms with Gasteiger partial charge < -0.3 is 14.3 Å². The zero-order chi connectivity index (χ0) is 20.0. The van der Waals surface area contributed by atoms with Crippen molar-refractivity contribution in [2.75, 3.05) is 0 Å². The molecule has 1 aliphatic rings. The third-order valence-corrected chi connectivity index (χ3v) is 5.18. The van der Waals surface area contributed by atoms with Gasteiger partial charge in [-0.3, -0.25) is 9.59 Å². The molecular weight excluding hydrogens is 368 g/mol. The Morgan fingerprint density at radius 3 is 2.31 bits per heavy atom. The van der Waals surface area contributed by atoms with E-state index in [0.29, 0.717) is 11.3 Å². The summed E-state index contributed by atoms with van der Waals surface area (Å²) in [4.78, 5) is 25.1. The second-order valence-electron chi connectivity index (χ2n) is 6.99. The van der Waals surface area contributed by atoms with E-state index in [0.717, 1.165) is 11.1 Å². The van der Waals surface area contributed by atoms with Crippen LogP contribution in [-0.4, -0.2) is 11.1 Å². The molecule has 3 aromatic carbocycles. The number of carbonyl (C=O) groups excluding carboxylic acids is 1. The van der Waals surface area contributed by atoms with Crippen molar-refractivity contribution in [3.8, 4) is 22.8 Å². The fourth-order valence-electron chi connectivity index (χ4n) is 3.87. The maximum Gasteiger partial charge on any atom is 0.312 e. The first-order chi connectivity index (χ1) is 14.1. The molecule has 29 heavy (non-hydrogen) atoms. The van der Waals surface area contributed by atoms with Gasteiger partial charge in [0.25, 0.3) is 0 Å². The van der Waals surface area contributed by atoms with Crippen LogP contribution in [0.25, 0.3) is 22.3 Å². The van der Waals surface area contributed by atoms with Gasteiger partial charge in [-0.05, 0) is 5.56 Å². The van der Waals surface area contributed by atoms with E-state index in [2.05, 4.69) is 0 Å². The Balaban J connectivity index is 1.85. The summed E-state index contributed by atoms with van der Waals surface area (Å²) in [6, 6.07) is 21.5. The minimum atomic E-state index is -0.397. The van der Waals surface area contributed by atoms with Crippen molar-refractivity contribution in [2.45, 2.75) is 12.3 Å². The van der Waals surface area contributed by atoms with Crippen LogP contribution in [0.15, 0.2) is 82.0 Å². The highest BCUT2D eigenvalue weighted by Crippen LogP contribution is 2.45. The molecule has 1 aliphatic heterocycles. The van der Waals surface area contributed by atoms with Crippen LogP contribution in [-0.2, 0) is 4.79 Å². The molecule has 0 fully saturated rings. The van der Waals surface area contributed by atoms with Gasteiger partial charge in [0.15, 0.2) is 5.43 Å². The monoisotopic (exact) mass is 384 g/mol. The molecule has 5 heteroatoms. The summed E-state index contributed by atoms with van der Waals surface area (Å²) in [5.74, 6) is -0.405. The van der Waals surface area contributed by atoms with E-state index in [1.165, 1.54) is 12.1 Å². The third kappa shape index (κ3) is 2.88. The Kier molecular flexibility index (Phi) is 3.95. The summed E-state index contributed by atoms with van der Waals surface area (Å²) in [5, 5.41) is 10.5. The van der Waals surface area contributed by atoms with Crippen LogP contribution in [0.3, 0.4) is 0 Å². The predicted octanol–water partition coefficient (Wildman–Crippen LogP) is 4.61. The highest BCUT2D eigenvalue weighted by atomic mass is 16.5. The first-order valence-corrected chi connectivity index (χ1v) is 9.26. The Labute approximate surface area is 165 Å². The second-order valence-corrected chi connectivity index (χ2v) is 6.99. The fraction of sp³-hybridized carbons (Fsp3) is 0.0833. The van der Waals surface area contributed by atoms with Crippen molar-refractivity contribution < 1.29 is 19.1 Å². The molecule has 5 nitrogen and oxygen atoms in total. The van der Waals surface area contributed by atoms with Crippen LogP contribution in [0.1, 0.15) is 23.5 Å². The quantitative estimate of drug-likeness (QED) is 0.404. The van der Waals surface area contributed by atoms with E-state index in [1.807, 2.05) is 60.7 Å². The second kappa shape index (κ2) is 6.63. The number of esters is 1. The average Bonchev–Trinajstić information content (AvgIpc) is 2.73. The van der Waals surface area contributed by atoms with Crippen LogP contribution in [0, 0.1) is 0 Å². The van der Waals surface area contributed by atoms with Gasteiger partial charge in [0.05, 0.1) is 6.42 Å². The molecule has 0 aliphatic carbocycles. The summed E-state index contributed by atoms with van der Waals surface area (Å²) in [7, 11) is 0. The van der Waals surface area contributed by atoms with Crippen LogP contribution >= 0.6 is 0 Å². The number of ether oxygens (including phenoxy) is 1. The Morgan fingerprint density at radius 2 is 1.59 bits per heavy atom. The SMILES string of the molecule is O=C1CC(c2ccccc2)c2c(cc(O)c3c(=O)cc(-c4ccccc4)oc23)O1. The maximum absolute atomic E-state index is 12.9. The summed E-state index contributed by atoms with van der Waals surface area (Å²) in [6.45, 7) is 0. The van der Waals surface area contributed by atoms with Gasteiger partial charge in [0.1, 0.15) is 28.2 Å². The molecule has 0 saturated heterocycles. The van der Waals surface area contributed by atoms with E-state index >= 15 is 0 Å². The fourth-order valence-corrected chi connectivity index (χ4v) is 3.87. The average molecular weight is 384 g/mol. The van der Waals surface area contributed by atoms with E-state index in [-0.39, 0.29) is 40.2 Å². The molecule has 142 valence electrons. The zero-order valence-electron chi connectivity index (χ0n) is 15.3. The zero-order valence-corrected chi connectivity index (χ0v) is 15.3. The number of carbonyl (C=O) groups is 1. The Bertz CT molecular complexity index is 1290. The van der Waals surface area contributed by atoms with Gasteiger partial charge in [-0.15, -0.1) is 0 Å². The summed E-state index contributed by atoms with van der Waals surface area (Å²) in [6.07, 6.45) is 0.121. The molecule has 0 spiro atoms. The molecule has 1 N–H and O–H groups in total. The van der Waals surface area contributed by atoms with E-state index in [1.54, 1.807) is 0 Å². The maximum atomic E-state index is 12.9. The summed E-state index contributed by atoms with van der Waals surface area (Å²) >= 11 is 0. The number of aromatic hydroxyl groups is 1. The number of phenolic OH excluding ortho intramolecular Hbond substituents is 1. The number of phenols is 1. The Hall–Kier alpha value is -3.86. The largest absolute Gasteiger partial charge is 0.507 e. The molecular formula is C24H16O5. The van der Waals surface area contributed by atoms with Gasteiger partial charge in [-0.25, -0.2) is 0 Å². The van der Waals surface area contributed by atoms with Crippen molar-refractivity contribution in [1.29, 1.82) is 0 Å². The molecule has 0 amide bonds. The molecule has 0 saturated carbocycles. The lowest BCUT2D eigenvalue weighted by molar-refractivity contribution is -0.135. The van der Waals surface area contributed by atoms with Crippen LogP contribution in [0.4, 0.5) is 0 Å². The van der Waals surface area contributed by atoms with E-state index < -0.39 is 5.97 Å². The first-order valence-electron chi connectivity index (χ1n) is 9.26. The smallest absolute Gasteiger partial charge is 0.312 e. The van der Waals surface area contributed by atoms with Gasteiger partial charge in [-0.1, -0.05) is 60.7 Å². The third-order valence-electron chi connectivity index (χ3n) is 5.18. The lowest BCUT2D eigenvalue weighted by Gasteiger charge is -2.26. The lowest BCUT2D eigenvalue weighted by Crippen LogP contribution is -2.22. The number of benzene rings is 3. The standard InChI is InChI=1S/C24H16O5/c25-17-12-19(15-9-5-2-6-10-15)29-24-22-16(14-7-3-1-4-8-14)11-21(27)28-20(22)13-18(26)23(17)24/h1-10,12-13,16,26H,11H2. The number of hydrogen-bond acceptors (Lipinski definition) is 5. The summed E-state index contributed by atoms with van der Waals surface area (Å²) < 4.78 is 11.5. The minimum absolute atomic E-state index is 0.0855. The molecule has 0 radical (unpaired) electrons. The first kappa shape index (κ1) is 17.3. The van der Waals surface area contributed by atoms with Crippen LogP contribution in [0.5, 0.6) is 11.5 Å². The normalized spacial score (nSPS) is 15.7. The van der Waals surface area contributed by atoms with Crippen molar-refractivity contribution in [3.05, 3.63) is 94.1 Å². The molecule has 0 bridgehead atoms. The van der Waals surface area contributed by atoms with Gasteiger partial charge in [-0.2, -0.15) is 0 Å². The highest BCUT2D eigenvalue weighted by molar-refractivity contribution is 5.93. The van der Waals surface area contributed by atoms with Crippen molar-refractivity contribution in [2.24, 2.45) is 0 Å². The number of rotatable bonds is 2. The molecule has 1 aromatic heterocycles. The lowest BCUT2D eigenvalue weighted by atomic mass is 9.85. The van der Waals surface area contributed by atoms with Crippen LogP contribution in [0.2, 0.25) is 0 Å². The van der Waals surface area contributed by atoms with Crippen LogP contribution < -0.4 is 10.2 Å². The summed E-state index contributed by atoms with van der Waals surface area (Å²) in [5.41, 5.74) is 2.14. The van der Waals surface area contributed by atoms with Crippen molar-refractivity contribution in [3.63, 3.8) is 0 Å². The Morgan fingerprint density at radius 1 is 0.897 bits per heavy atom. The van der Waals surface area contributed by atoms with Gasteiger partial charge >= 0.3 is 5.97 Å². The van der Waals surface area contributed by atoms with Gasteiger partial charge in [0, 0.05) is 29.2 Å². The van der Waals surface area contributed by atoms with Crippen molar-refractivity contribution in [1.82, 2.24) is 0 Å². The molecule has 5 rings (SSSR count). The minimum Gasteiger partial charge on any atom is -0.507 e. The molecule has 2 heterocycles. The molecule has 4 aromatic rings. The number of fused-ring (bicyclic) bond motifs is 3. The predicted molar refractivity (Wildman–Crippen MR) is 108 cm³/mol. The van der Waals surface area contributed by atoms with Crippen molar-refractivity contribution >= 4 is 16.9 Å². The number of hydrogen-bond donors (Lipinski definition) is 1. The van der Waals surface area contributed by atoms with Gasteiger partial charge in [0.2, 0.25) is 0 Å². The highest BCUT2D eigenvalue weighted by Gasteiger charge is 2.33. The molecule has 1 unspecified atom stereocenters.